The number of nitrogens with zero attached hydrogens (tertiary/aromatic N) is 3. The number of halogens is 1. The summed E-state index contributed by atoms with van der Waals surface area (Å²) in [7, 11) is 0. The lowest BCUT2D eigenvalue weighted by molar-refractivity contribution is 0.522. The van der Waals surface area contributed by atoms with Crippen LogP contribution in [0.5, 0.6) is 0 Å². The zero-order valence-electron chi connectivity index (χ0n) is 11.3. The largest absolute Gasteiger partial charge is 0.304 e. The van der Waals surface area contributed by atoms with E-state index in [2.05, 4.69) is 51.2 Å². The van der Waals surface area contributed by atoms with Crippen molar-refractivity contribution in [3.63, 3.8) is 0 Å². The average Bonchev–Trinajstić information content (AvgIpc) is 2.89. The van der Waals surface area contributed by atoms with E-state index in [1.807, 2.05) is 29.2 Å². The molecule has 0 saturated heterocycles. The Balaban J connectivity index is 2.32. The molecule has 102 valence electrons. The molecule has 5 heteroatoms. The summed E-state index contributed by atoms with van der Waals surface area (Å²) >= 11 is 3.42. The predicted octanol–water partition coefficient (Wildman–Crippen LogP) is 3.15. The SMILES string of the molecule is CCCNC(c1ccc(Br)cn1)c1ccnn1CC. The van der Waals surface area contributed by atoms with Gasteiger partial charge < -0.3 is 5.32 Å². The molecule has 1 atom stereocenters. The van der Waals surface area contributed by atoms with Crippen molar-refractivity contribution >= 4 is 15.9 Å². The molecule has 0 amide bonds. The summed E-state index contributed by atoms with van der Waals surface area (Å²) < 4.78 is 3.01. The Kier molecular flexibility index (Phi) is 5.10. The molecule has 0 aromatic carbocycles. The van der Waals surface area contributed by atoms with Crippen LogP contribution in [0.1, 0.15) is 37.7 Å². The van der Waals surface area contributed by atoms with Crippen molar-refractivity contribution in [1.82, 2.24) is 20.1 Å². The first kappa shape index (κ1) is 14.2. The van der Waals surface area contributed by atoms with Crippen molar-refractivity contribution in [3.05, 3.63) is 46.5 Å². The lowest BCUT2D eigenvalue weighted by atomic mass is 10.1. The monoisotopic (exact) mass is 322 g/mol. The highest BCUT2D eigenvalue weighted by Crippen LogP contribution is 2.21. The maximum atomic E-state index is 4.51. The van der Waals surface area contributed by atoms with Gasteiger partial charge in [0.2, 0.25) is 0 Å². The predicted molar refractivity (Wildman–Crippen MR) is 80.0 cm³/mol. The third-order valence-electron chi connectivity index (χ3n) is 2.99. The fourth-order valence-electron chi connectivity index (χ4n) is 2.06. The van der Waals surface area contributed by atoms with Crippen LogP contribution in [0.3, 0.4) is 0 Å². The first-order valence-corrected chi connectivity index (χ1v) is 7.42. The highest BCUT2D eigenvalue weighted by Gasteiger charge is 2.18. The highest BCUT2D eigenvalue weighted by molar-refractivity contribution is 9.10. The molecular formula is C14H19BrN4. The van der Waals surface area contributed by atoms with Gasteiger partial charge in [-0.15, -0.1) is 0 Å². The molecule has 0 aliphatic rings. The molecule has 1 unspecified atom stereocenters. The van der Waals surface area contributed by atoms with Crippen LogP contribution in [-0.2, 0) is 6.54 Å². The molecule has 0 spiro atoms. The fourth-order valence-corrected chi connectivity index (χ4v) is 2.29. The van der Waals surface area contributed by atoms with Crippen molar-refractivity contribution in [2.24, 2.45) is 0 Å². The molecule has 0 radical (unpaired) electrons. The lowest BCUT2D eigenvalue weighted by Crippen LogP contribution is -2.26. The Hall–Kier alpha value is -1.20. The summed E-state index contributed by atoms with van der Waals surface area (Å²) in [5.41, 5.74) is 2.18. The van der Waals surface area contributed by atoms with Crippen LogP contribution >= 0.6 is 15.9 Å². The van der Waals surface area contributed by atoms with Crippen molar-refractivity contribution in [1.29, 1.82) is 0 Å². The normalized spacial score (nSPS) is 12.6. The molecular weight excluding hydrogens is 304 g/mol. The van der Waals surface area contributed by atoms with Crippen LogP contribution in [0.2, 0.25) is 0 Å². The van der Waals surface area contributed by atoms with Gasteiger partial charge in [0.25, 0.3) is 0 Å². The number of nitrogens with one attached hydrogen (secondary N) is 1. The second-order valence-electron chi connectivity index (χ2n) is 4.36. The molecule has 0 saturated carbocycles. The number of aryl methyl sites for hydroxylation is 1. The van der Waals surface area contributed by atoms with Gasteiger partial charge in [0.15, 0.2) is 0 Å². The van der Waals surface area contributed by atoms with Crippen LogP contribution in [0.25, 0.3) is 0 Å². The average molecular weight is 323 g/mol. The minimum atomic E-state index is 0.0931. The summed E-state index contributed by atoms with van der Waals surface area (Å²) in [5, 5.41) is 7.89. The third-order valence-corrected chi connectivity index (χ3v) is 3.46. The zero-order chi connectivity index (χ0) is 13.7. The number of rotatable bonds is 6. The highest BCUT2D eigenvalue weighted by atomic mass is 79.9. The molecule has 2 aromatic heterocycles. The van der Waals surface area contributed by atoms with Crippen molar-refractivity contribution < 1.29 is 0 Å². The second-order valence-corrected chi connectivity index (χ2v) is 5.28. The minimum Gasteiger partial charge on any atom is -0.304 e. The summed E-state index contributed by atoms with van der Waals surface area (Å²) in [6, 6.07) is 6.22. The Morgan fingerprint density at radius 2 is 2.16 bits per heavy atom. The van der Waals surface area contributed by atoms with E-state index in [1.54, 1.807) is 0 Å². The van der Waals surface area contributed by atoms with E-state index < -0.39 is 0 Å². The van der Waals surface area contributed by atoms with Crippen LogP contribution in [-0.4, -0.2) is 21.3 Å². The smallest absolute Gasteiger partial charge is 0.0921 e. The molecule has 2 heterocycles. The molecule has 1 N–H and O–H groups in total. The summed E-state index contributed by atoms with van der Waals surface area (Å²) in [4.78, 5) is 4.51. The van der Waals surface area contributed by atoms with Crippen molar-refractivity contribution in [2.75, 3.05) is 6.54 Å². The number of hydrogen-bond donors (Lipinski definition) is 1. The maximum Gasteiger partial charge on any atom is 0.0921 e. The Bertz CT molecular complexity index is 506. The van der Waals surface area contributed by atoms with E-state index in [0.29, 0.717) is 0 Å². The number of pyridine rings is 1. The molecule has 4 nitrogen and oxygen atoms in total. The van der Waals surface area contributed by atoms with Gasteiger partial charge in [0.1, 0.15) is 0 Å². The van der Waals surface area contributed by atoms with E-state index in [4.69, 9.17) is 0 Å². The maximum absolute atomic E-state index is 4.51. The second kappa shape index (κ2) is 6.82. The molecule has 0 aliphatic carbocycles. The van der Waals surface area contributed by atoms with Gasteiger partial charge in [-0.05, 0) is 54.0 Å². The lowest BCUT2D eigenvalue weighted by Gasteiger charge is -2.19. The summed E-state index contributed by atoms with van der Waals surface area (Å²) in [6.07, 6.45) is 4.77. The Morgan fingerprint density at radius 1 is 1.32 bits per heavy atom. The Labute approximate surface area is 122 Å². The minimum absolute atomic E-state index is 0.0931. The quantitative estimate of drug-likeness (QED) is 0.888. The molecule has 2 rings (SSSR count). The third kappa shape index (κ3) is 3.42. The van der Waals surface area contributed by atoms with Crippen molar-refractivity contribution in [3.8, 4) is 0 Å². The van der Waals surface area contributed by atoms with Gasteiger partial charge >= 0.3 is 0 Å². The van der Waals surface area contributed by atoms with Crippen molar-refractivity contribution in [2.45, 2.75) is 32.9 Å². The van der Waals surface area contributed by atoms with Crippen LogP contribution in [0.4, 0.5) is 0 Å². The Morgan fingerprint density at radius 3 is 2.79 bits per heavy atom. The van der Waals surface area contributed by atoms with Crippen LogP contribution in [0.15, 0.2) is 35.1 Å². The molecule has 0 fully saturated rings. The van der Waals surface area contributed by atoms with Gasteiger partial charge in [-0.2, -0.15) is 5.10 Å². The summed E-state index contributed by atoms with van der Waals surface area (Å²) in [6.45, 7) is 6.08. The number of aromatic nitrogens is 3. The van der Waals surface area contributed by atoms with Crippen LogP contribution in [0, 0.1) is 0 Å². The molecule has 2 aromatic rings. The standard InChI is InChI=1S/C14H19BrN4/c1-3-8-16-14(12-6-5-11(15)10-17-12)13-7-9-18-19(13)4-2/h5-7,9-10,14,16H,3-4,8H2,1-2H3. The van der Waals surface area contributed by atoms with E-state index in [1.165, 1.54) is 0 Å². The summed E-state index contributed by atoms with van der Waals surface area (Å²) in [5.74, 6) is 0. The topological polar surface area (TPSA) is 42.7 Å². The molecule has 0 bridgehead atoms. The van der Waals surface area contributed by atoms with Crippen LogP contribution < -0.4 is 5.32 Å². The molecule has 19 heavy (non-hydrogen) atoms. The molecule has 0 aliphatic heterocycles. The van der Waals surface area contributed by atoms with E-state index in [9.17, 15) is 0 Å². The van der Waals surface area contributed by atoms with Gasteiger partial charge in [-0.1, -0.05) is 6.92 Å². The zero-order valence-corrected chi connectivity index (χ0v) is 12.9. The first-order chi connectivity index (χ1) is 9.26. The number of hydrogen-bond acceptors (Lipinski definition) is 3. The van der Waals surface area contributed by atoms with Gasteiger partial charge in [-0.25, -0.2) is 0 Å². The first-order valence-electron chi connectivity index (χ1n) is 6.62. The van der Waals surface area contributed by atoms with E-state index >= 15 is 0 Å². The van der Waals surface area contributed by atoms with Gasteiger partial charge in [0.05, 0.1) is 17.4 Å². The fraction of sp³-hybridized carbons (Fsp3) is 0.429. The van der Waals surface area contributed by atoms with E-state index in [-0.39, 0.29) is 6.04 Å². The van der Waals surface area contributed by atoms with E-state index in [0.717, 1.165) is 35.4 Å². The van der Waals surface area contributed by atoms with Gasteiger partial charge in [-0.3, -0.25) is 9.67 Å². The van der Waals surface area contributed by atoms with Gasteiger partial charge in [0, 0.05) is 23.4 Å².